The summed E-state index contributed by atoms with van der Waals surface area (Å²) in [5, 5.41) is 20.1. The summed E-state index contributed by atoms with van der Waals surface area (Å²) in [6.45, 7) is 1.23. The molecule has 2 unspecified atom stereocenters. The highest BCUT2D eigenvalue weighted by Crippen LogP contribution is 2.35. The molecule has 2 aliphatic rings. The zero-order valence-electron chi connectivity index (χ0n) is 10.7. The quantitative estimate of drug-likeness (QED) is 0.667. The number of rotatable bonds is 3. The smallest absolute Gasteiger partial charge is 0.335 e. The number of anilines is 1. The van der Waals surface area contributed by atoms with E-state index in [1.807, 2.05) is 4.90 Å². The van der Waals surface area contributed by atoms with Gasteiger partial charge in [-0.25, -0.2) is 4.79 Å². The van der Waals surface area contributed by atoms with Crippen molar-refractivity contribution in [3.63, 3.8) is 0 Å². The number of nitro groups is 1. The minimum atomic E-state index is -1.17. The van der Waals surface area contributed by atoms with Crippen LogP contribution in [0.3, 0.4) is 0 Å². The van der Waals surface area contributed by atoms with Crippen molar-refractivity contribution in [3.05, 3.63) is 33.9 Å². The first-order valence-corrected chi connectivity index (χ1v) is 6.46. The van der Waals surface area contributed by atoms with Gasteiger partial charge in [-0.05, 0) is 25.0 Å². The fourth-order valence-electron chi connectivity index (χ4n) is 2.88. The number of carbonyl (C=O) groups is 1. The number of hydrogen-bond acceptors (Lipinski definition) is 5. The second kappa shape index (κ2) is 4.75. The first kappa shape index (κ1) is 12.9. The Labute approximate surface area is 114 Å². The Hall–Kier alpha value is -2.15. The van der Waals surface area contributed by atoms with Gasteiger partial charge in [0.05, 0.1) is 22.7 Å². The normalized spacial score (nSPS) is 24.7. The average molecular weight is 278 g/mol. The number of ether oxygens (including phenoxy) is 1. The van der Waals surface area contributed by atoms with Crippen LogP contribution in [0.4, 0.5) is 11.4 Å². The molecule has 2 atom stereocenters. The van der Waals surface area contributed by atoms with Crippen LogP contribution in [-0.4, -0.2) is 41.3 Å². The molecule has 106 valence electrons. The van der Waals surface area contributed by atoms with Crippen LogP contribution < -0.4 is 4.90 Å². The molecule has 2 saturated heterocycles. The van der Waals surface area contributed by atoms with Crippen LogP contribution in [0.25, 0.3) is 0 Å². The van der Waals surface area contributed by atoms with Crippen LogP contribution in [0.2, 0.25) is 0 Å². The molecule has 3 rings (SSSR count). The first-order valence-electron chi connectivity index (χ1n) is 6.46. The maximum Gasteiger partial charge on any atom is 0.335 e. The molecule has 2 bridgehead atoms. The maximum atomic E-state index is 11.2. The van der Waals surface area contributed by atoms with Crippen molar-refractivity contribution in [2.75, 3.05) is 18.0 Å². The van der Waals surface area contributed by atoms with Gasteiger partial charge in [0, 0.05) is 19.2 Å². The number of nitrogens with zero attached hydrogens (tertiary/aromatic N) is 2. The van der Waals surface area contributed by atoms with Gasteiger partial charge in [0.25, 0.3) is 5.69 Å². The van der Waals surface area contributed by atoms with Crippen molar-refractivity contribution < 1.29 is 19.6 Å². The average Bonchev–Trinajstić information content (AvgIpc) is 2.76. The monoisotopic (exact) mass is 278 g/mol. The van der Waals surface area contributed by atoms with Gasteiger partial charge in [0.2, 0.25) is 0 Å². The number of carboxylic acid groups (broad SMARTS) is 1. The van der Waals surface area contributed by atoms with Crippen molar-refractivity contribution in [2.45, 2.75) is 25.0 Å². The highest BCUT2D eigenvalue weighted by molar-refractivity contribution is 5.89. The number of aromatic carboxylic acids is 1. The molecule has 0 aromatic heterocycles. The summed E-state index contributed by atoms with van der Waals surface area (Å²) in [7, 11) is 0. The van der Waals surface area contributed by atoms with Crippen LogP contribution in [-0.2, 0) is 4.74 Å². The fraction of sp³-hybridized carbons (Fsp3) is 0.462. The summed E-state index contributed by atoms with van der Waals surface area (Å²) in [5.74, 6) is -1.17. The molecule has 2 aliphatic heterocycles. The number of carboxylic acids is 1. The zero-order chi connectivity index (χ0) is 14.3. The number of benzene rings is 1. The molecule has 1 aromatic rings. The highest BCUT2D eigenvalue weighted by atomic mass is 16.6. The van der Waals surface area contributed by atoms with Crippen molar-refractivity contribution in [2.24, 2.45) is 0 Å². The van der Waals surface area contributed by atoms with E-state index < -0.39 is 10.9 Å². The Morgan fingerprint density at radius 3 is 2.55 bits per heavy atom. The van der Waals surface area contributed by atoms with Gasteiger partial charge >= 0.3 is 5.97 Å². The summed E-state index contributed by atoms with van der Waals surface area (Å²) < 4.78 is 5.71. The third-order valence-electron chi connectivity index (χ3n) is 3.80. The van der Waals surface area contributed by atoms with E-state index in [-0.39, 0.29) is 23.5 Å². The van der Waals surface area contributed by atoms with Crippen LogP contribution in [0.1, 0.15) is 23.2 Å². The summed E-state index contributed by atoms with van der Waals surface area (Å²) in [6.07, 6.45) is 2.18. The van der Waals surface area contributed by atoms with Gasteiger partial charge < -0.3 is 14.7 Å². The Bertz CT molecular complexity index is 562. The minimum absolute atomic E-state index is 0.0725. The van der Waals surface area contributed by atoms with E-state index in [1.165, 1.54) is 12.1 Å². The highest BCUT2D eigenvalue weighted by Gasteiger charge is 2.36. The van der Waals surface area contributed by atoms with Gasteiger partial charge in [-0.3, -0.25) is 10.1 Å². The van der Waals surface area contributed by atoms with Crippen LogP contribution >= 0.6 is 0 Å². The molecule has 0 amide bonds. The van der Waals surface area contributed by atoms with Gasteiger partial charge in [-0.2, -0.15) is 0 Å². The molecular weight excluding hydrogens is 264 g/mol. The van der Waals surface area contributed by atoms with Crippen molar-refractivity contribution >= 4 is 17.3 Å². The molecule has 2 heterocycles. The van der Waals surface area contributed by atoms with Gasteiger partial charge in [0.15, 0.2) is 0 Å². The van der Waals surface area contributed by atoms with E-state index >= 15 is 0 Å². The minimum Gasteiger partial charge on any atom is -0.478 e. The molecule has 0 saturated carbocycles. The lowest BCUT2D eigenvalue weighted by Crippen LogP contribution is -2.42. The van der Waals surface area contributed by atoms with E-state index in [9.17, 15) is 14.9 Å². The largest absolute Gasteiger partial charge is 0.478 e. The zero-order valence-corrected chi connectivity index (χ0v) is 10.7. The summed E-state index contributed by atoms with van der Waals surface area (Å²) in [4.78, 5) is 23.5. The van der Waals surface area contributed by atoms with Gasteiger partial charge in [-0.1, -0.05) is 0 Å². The molecule has 7 heteroatoms. The Morgan fingerprint density at radius 2 is 2.00 bits per heavy atom. The van der Waals surface area contributed by atoms with Gasteiger partial charge in [-0.15, -0.1) is 0 Å². The molecule has 7 nitrogen and oxygen atoms in total. The third-order valence-corrected chi connectivity index (χ3v) is 3.80. The molecular formula is C13H14N2O5. The van der Waals surface area contributed by atoms with Gasteiger partial charge in [0.1, 0.15) is 5.69 Å². The Kier molecular flexibility index (Phi) is 3.06. The van der Waals surface area contributed by atoms with Crippen LogP contribution in [0, 0.1) is 10.1 Å². The topological polar surface area (TPSA) is 92.9 Å². The number of hydrogen-bond donors (Lipinski definition) is 1. The lowest BCUT2D eigenvalue weighted by atomic mass is 10.1. The Balaban J connectivity index is 1.96. The second-order valence-electron chi connectivity index (χ2n) is 5.13. The van der Waals surface area contributed by atoms with E-state index in [1.54, 1.807) is 0 Å². The third kappa shape index (κ3) is 2.20. The summed E-state index contributed by atoms with van der Waals surface area (Å²) >= 11 is 0. The molecule has 0 spiro atoms. The standard InChI is InChI=1S/C13H14N2O5/c16-13(17)8-1-4-11(12(5-8)15(18)19)14-6-9-2-3-10(7-14)20-9/h1,4-5,9-10H,2-3,6-7H2,(H,16,17). The molecule has 1 aromatic carbocycles. The lowest BCUT2D eigenvalue weighted by Gasteiger charge is -2.33. The van der Waals surface area contributed by atoms with E-state index in [2.05, 4.69) is 0 Å². The molecule has 0 radical (unpaired) electrons. The van der Waals surface area contributed by atoms with Crippen molar-refractivity contribution in [3.8, 4) is 0 Å². The lowest BCUT2D eigenvalue weighted by molar-refractivity contribution is -0.384. The second-order valence-corrected chi connectivity index (χ2v) is 5.13. The summed E-state index contributed by atoms with van der Waals surface area (Å²) in [6, 6.07) is 4.05. The molecule has 20 heavy (non-hydrogen) atoms. The molecule has 1 N–H and O–H groups in total. The van der Waals surface area contributed by atoms with E-state index in [0.717, 1.165) is 18.9 Å². The molecule has 0 aliphatic carbocycles. The fourth-order valence-corrected chi connectivity index (χ4v) is 2.88. The van der Waals surface area contributed by atoms with Crippen molar-refractivity contribution in [1.82, 2.24) is 0 Å². The van der Waals surface area contributed by atoms with Crippen LogP contribution in [0.5, 0.6) is 0 Å². The Morgan fingerprint density at radius 1 is 1.35 bits per heavy atom. The summed E-state index contributed by atoms with van der Waals surface area (Å²) in [5.41, 5.74) is 0.239. The SMILES string of the molecule is O=C(O)c1ccc(N2CC3CCC(C2)O3)c([N+](=O)[O-])c1. The predicted molar refractivity (Wildman–Crippen MR) is 70.2 cm³/mol. The number of nitro benzene ring substituents is 1. The first-order chi connectivity index (χ1) is 9.54. The predicted octanol–water partition coefficient (Wildman–Crippen LogP) is 1.66. The number of fused-ring (bicyclic) bond motifs is 2. The van der Waals surface area contributed by atoms with E-state index in [0.29, 0.717) is 18.8 Å². The van der Waals surface area contributed by atoms with E-state index in [4.69, 9.17) is 9.84 Å². The van der Waals surface area contributed by atoms with Crippen LogP contribution in [0.15, 0.2) is 18.2 Å². The van der Waals surface area contributed by atoms with Crippen molar-refractivity contribution in [1.29, 1.82) is 0 Å². The number of morpholine rings is 1. The maximum absolute atomic E-state index is 11.2. The molecule has 2 fully saturated rings.